The number of terminal acetylenes is 1. The van der Waals surface area contributed by atoms with Gasteiger partial charge in [0.05, 0.1) is 20.0 Å². The van der Waals surface area contributed by atoms with Gasteiger partial charge in [-0.1, -0.05) is 6.08 Å². The van der Waals surface area contributed by atoms with Gasteiger partial charge < -0.3 is 14.6 Å². The summed E-state index contributed by atoms with van der Waals surface area (Å²) in [5.74, 6) is -0.448. The van der Waals surface area contributed by atoms with E-state index in [1.54, 1.807) is 6.08 Å². The Kier molecular flexibility index (Phi) is 9.11. The van der Waals surface area contributed by atoms with Crippen molar-refractivity contribution in [3.63, 3.8) is 0 Å². The molecule has 0 radical (unpaired) electrons. The second kappa shape index (κ2) is 10.3. The molecule has 21 heavy (non-hydrogen) atoms. The zero-order valence-corrected chi connectivity index (χ0v) is 12.1. The number of ether oxygens (including phenoxy) is 2. The Hall–Kier alpha value is -2.48. The molecule has 0 heterocycles. The third-order valence-corrected chi connectivity index (χ3v) is 2.69. The fourth-order valence-corrected chi connectivity index (χ4v) is 1.74. The fourth-order valence-electron chi connectivity index (χ4n) is 1.74. The second-order valence-corrected chi connectivity index (χ2v) is 4.19. The molecule has 1 rings (SSSR count). The minimum absolute atomic E-state index is 0.153. The third-order valence-electron chi connectivity index (χ3n) is 2.69. The Labute approximate surface area is 124 Å². The molecule has 0 aliphatic heterocycles. The summed E-state index contributed by atoms with van der Waals surface area (Å²) in [6.45, 7) is 3.68. The zero-order chi connectivity index (χ0) is 16.3. The minimum atomic E-state index is -1.02. The van der Waals surface area contributed by atoms with E-state index in [0.717, 1.165) is 12.8 Å². The Morgan fingerprint density at radius 2 is 2.10 bits per heavy atom. The van der Waals surface area contributed by atoms with E-state index in [9.17, 15) is 9.59 Å². The van der Waals surface area contributed by atoms with Crippen LogP contribution in [0.4, 0.5) is 0 Å². The van der Waals surface area contributed by atoms with Gasteiger partial charge in [0.1, 0.15) is 0 Å². The Morgan fingerprint density at radius 3 is 2.62 bits per heavy atom. The van der Waals surface area contributed by atoms with Gasteiger partial charge in [0, 0.05) is 0 Å². The van der Waals surface area contributed by atoms with E-state index in [1.165, 1.54) is 7.11 Å². The standard InChI is InChI=1S/C14H18O5.C2H2/c1-3-4-10-5-6-11(12(9-10)18-2)19-14(17)8-7-13(15)16;1-2/h3,6,9-10H,1,4-5,7-8H2,2H3,(H,15,16);1-2H. The van der Waals surface area contributed by atoms with Crippen molar-refractivity contribution in [2.75, 3.05) is 7.11 Å². The van der Waals surface area contributed by atoms with Crippen LogP contribution in [0.25, 0.3) is 0 Å². The highest BCUT2D eigenvalue weighted by Crippen LogP contribution is 2.26. The molecule has 0 saturated carbocycles. The number of aliphatic carboxylic acids is 1. The molecule has 114 valence electrons. The maximum absolute atomic E-state index is 11.5. The highest BCUT2D eigenvalue weighted by Gasteiger charge is 2.19. The van der Waals surface area contributed by atoms with Crippen LogP contribution in [0.2, 0.25) is 0 Å². The number of hydrogen-bond donors (Lipinski definition) is 1. The number of hydrogen-bond acceptors (Lipinski definition) is 4. The van der Waals surface area contributed by atoms with Crippen LogP contribution in [0.3, 0.4) is 0 Å². The molecule has 0 saturated heterocycles. The largest absolute Gasteiger partial charge is 0.493 e. The maximum atomic E-state index is 11.5. The number of carbonyl (C=O) groups excluding carboxylic acids is 1. The van der Waals surface area contributed by atoms with E-state index < -0.39 is 11.9 Å². The first kappa shape index (κ1) is 18.5. The van der Waals surface area contributed by atoms with E-state index >= 15 is 0 Å². The fraction of sp³-hybridized carbons (Fsp3) is 0.375. The van der Waals surface area contributed by atoms with Crippen molar-refractivity contribution in [1.29, 1.82) is 0 Å². The summed E-state index contributed by atoms with van der Waals surface area (Å²) < 4.78 is 10.3. The minimum Gasteiger partial charge on any atom is -0.493 e. The Balaban J connectivity index is 0.00000191. The van der Waals surface area contributed by atoms with Gasteiger partial charge in [-0.05, 0) is 30.9 Å². The van der Waals surface area contributed by atoms with Gasteiger partial charge in [0.15, 0.2) is 11.5 Å². The molecule has 0 aromatic rings. The van der Waals surface area contributed by atoms with Gasteiger partial charge in [0.2, 0.25) is 0 Å². The van der Waals surface area contributed by atoms with E-state index in [0.29, 0.717) is 11.5 Å². The van der Waals surface area contributed by atoms with Gasteiger partial charge in [0.25, 0.3) is 0 Å². The second-order valence-electron chi connectivity index (χ2n) is 4.19. The summed E-state index contributed by atoms with van der Waals surface area (Å²) in [5.41, 5.74) is 0. The number of carboxylic acids is 1. The van der Waals surface area contributed by atoms with Gasteiger partial charge in [-0.25, -0.2) is 0 Å². The molecule has 0 aromatic heterocycles. The van der Waals surface area contributed by atoms with Crippen LogP contribution in [-0.4, -0.2) is 24.2 Å². The molecule has 1 atom stereocenters. The van der Waals surface area contributed by atoms with Crippen LogP contribution in [-0.2, 0) is 19.1 Å². The Bertz CT molecular complexity index is 457. The predicted octanol–water partition coefficient (Wildman–Crippen LogP) is 2.65. The van der Waals surface area contributed by atoms with E-state index in [1.807, 2.05) is 12.2 Å². The van der Waals surface area contributed by atoms with Crippen molar-refractivity contribution < 1.29 is 24.2 Å². The van der Waals surface area contributed by atoms with Crippen molar-refractivity contribution in [1.82, 2.24) is 0 Å². The molecule has 0 fully saturated rings. The molecule has 0 amide bonds. The topological polar surface area (TPSA) is 72.8 Å². The normalized spacial score (nSPS) is 16.4. The van der Waals surface area contributed by atoms with Gasteiger partial charge >= 0.3 is 11.9 Å². The van der Waals surface area contributed by atoms with Crippen molar-refractivity contribution in [2.45, 2.75) is 25.7 Å². The molecular weight excluding hydrogens is 272 g/mol. The molecule has 1 aliphatic carbocycles. The number of methoxy groups -OCH3 is 1. The molecule has 1 N–H and O–H groups in total. The van der Waals surface area contributed by atoms with Gasteiger partial charge in [-0.15, -0.1) is 19.4 Å². The summed E-state index contributed by atoms with van der Waals surface area (Å²) in [6.07, 6.45) is 14.7. The molecule has 5 nitrogen and oxygen atoms in total. The van der Waals surface area contributed by atoms with Crippen molar-refractivity contribution in [3.8, 4) is 12.8 Å². The van der Waals surface area contributed by atoms with Crippen molar-refractivity contribution >= 4 is 11.9 Å². The highest BCUT2D eigenvalue weighted by atomic mass is 16.6. The molecule has 1 aliphatic rings. The number of rotatable bonds is 7. The van der Waals surface area contributed by atoms with Crippen LogP contribution < -0.4 is 0 Å². The summed E-state index contributed by atoms with van der Waals surface area (Å²) in [4.78, 5) is 21.8. The van der Waals surface area contributed by atoms with Crippen LogP contribution in [0.15, 0.2) is 36.3 Å². The lowest BCUT2D eigenvalue weighted by Crippen LogP contribution is -2.13. The Morgan fingerprint density at radius 1 is 1.43 bits per heavy atom. The summed E-state index contributed by atoms with van der Waals surface area (Å²) >= 11 is 0. The molecule has 0 bridgehead atoms. The average molecular weight is 292 g/mol. The third kappa shape index (κ3) is 7.02. The zero-order valence-electron chi connectivity index (χ0n) is 12.1. The first-order valence-electron chi connectivity index (χ1n) is 6.39. The van der Waals surface area contributed by atoms with Crippen LogP contribution in [0, 0.1) is 18.8 Å². The number of esters is 1. The molecular formula is C16H20O5. The number of carboxylic acid groups (broad SMARTS) is 1. The lowest BCUT2D eigenvalue weighted by molar-refractivity contribution is -0.145. The lowest BCUT2D eigenvalue weighted by Gasteiger charge is -2.19. The summed E-state index contributed by atoms with van der Waals surface area (Å²) in [5, 5.41) is 8.49. The molecule has 1 unspecified atom stereocenters. The van der Waals surface area contributed by atoms with Crippen LogP contribution in [0.1, 0.15) is 25.7 Å². The monoisotopic (exact) mass is 292 g/mol. The van der Waals surface area contributed by atoms with Crippen molar-refractivity contribution in [3.05, 3.63) is 36.3 Å². The van der Waals surface area contributed by atoms with E-state index in [4.69, 9.17) is 14.6 Å². The first-order chi connectivity index (χ1) is 10.1. The smallest absolute Gasteiger partial charge is 0.311 e. The van der Waals surface area contributed by atoms with Crippen LogP contribution in [0.5, 0.6) is 0 Å². The predicted molar refractivity (Wildman–Crippen MR) is 78.9 cm³/mol. The van der Waals surface area contributed by atoms with E-state index in [2.05, 4.69) is 19.4 Å². The molecule has 5 heteroatoms. The van der Waals surface area contributed by atoms with Gasteiger partial charge in [-0.3, -0.25) is 9.59 Å². The first-order valence-corrected chi connectivity index (χ1v) is 6.39. The summed E-state index contributed by atoms with van der Waals surface area (Å²) in [6, 6.07) is 0. The highest BCUT2D eigenvalue weighted by molar-refractivity contribution is 5.77. The average Bonchev–Trinajstić information content (AvgIpc) is 2.49. The van der Waals surface area contributed by atoms with Crippen LogP contribution >= 0.6 is 0 Å². The molecule has 0 aromatic carbocycles. The summed E-state index contributed by atoms with van der Waals surface area (Å²) in [7, 11) is 1.50. The number of allylic oxidation sites excluding steroid dienone is 3. The quantitative estimate of drug-likeness (QED) is 0.443. The van der Waals surface area contributed by atoms with Gasteiger partial charge in [-0.2, -0.15) is 0 Å². The maximum Gasteiger partial charge on any atom is 0.311 e. The molecule has 0 spiro atoms. The SMILES string of the molecule is C#C.C=CCC1C=C(OC)C(OC(=O)CCC(=O)O)=CC1. The number of carbonyl (C=O) groups is 2. The van der Waals surface area contributed by atoms with Crippen molar-refractivity contribution in [2.24, 2.45) is 5.92 Å². The lowest BCUT2D eigenvalue weighted by atomic mass is 9.96. The van der Waals surface area contributed by atoms with E-state index in [-0.39, 0.29) is 18.8 Å².